The number of ether oxygens (including phenoxy) is 1. The zero-order chi connectivity index (χ0) is 14.8. The summed E-state index contributed by atoms with van der Waals surface area (Å²) >= 11 is 0. The molecule has 0 atom stereocenters. The molecule has 3 nitrogen and oxygen atoms in total. The minimum atomic E-state index is -5.03. The highest BCUT2D eigenvalue weighted by atomic mass is 19.4. The first-order valence-corrected chi connectivity index (χ1v) is 4.74. The number of benzene rings is 1. The van der Waals surface area contributed by atoms with Crippen LogP contribution in [0.5, 0.6) is 0 Å². The van der Waals surface area contributed by atoms with Gasteiger partial charge < -0.3 is 4.74 Å². The van der Waals surface area contributed by atoms with Crippen molar-refractivity contribution in [3.8, 4) is 6.07 Å². The first-order valence-electron chi connectivity index (χ1n) is 4.74. The molecular formula is C11H6F5NO2. The lowest BCUT2D eigenvalue weighted by molar-refractivity contribution is -0.137. The Hall–Kier alpha value is -2.17. The molecule has 0 fully saturated rings. The molecule has 0 aliphatic carbocycles. The zero-order valence-corrected chi connectivity index (χ0v) is 9.39. The molecule has 1 rings (SSSR count). The Morgan fingerprint density at radius 2 is 1.95 bits per heavy atom. The van der Waals surface area contributed by atoms with Crippen LogP contribution in [0, 0.1) is 11.3 Å². The van der Waals surface area contributed by atoms with E-state index in [1.54, 1.807) is 0 Å². The van der Waals surface area contributed by atoms with E-state index in [9.17, 15) is 26.7 Å². The van der Waals surface area contributed by atoms with E-state index in [1.807, 2.05) is 0 Å². The molecule has 1 aromatic rings. The highest BCUT2D eigenvalue weighted by Gasteiger charge is 2.37. The maximum Gasteiger partial charge on any atom is 0.417 e. The minimum absolute atomic E-state index is 0.148. The largest absolute Gasteiger partial charge is 0.465 e. The van der Waals surface area contributed by atoms with Gasteiger partial charge in [0.1, 0.15) is 6.07 Å². The average molecular weight is 279 g/mol. The fourth-order valence-corrected chi connectivity index (χ4v) is 1.41. The van der Waals surface area contributed by atoms with Gasteiger partial charge in [-0.2, -0.15) is 18.4 Å². The Morgan fingerprint density at radius 1 is 1.37 bits per heavy atom. The minimum Gasteiger partial charge on any atom is -0.465 e. The van der Waals surface area contributed by atoms with E-state index in [0.29, 0.717) is 6.07 Å². The van der Waals surface area contributed by atoms with Crippen LogP contribution in [0.2, 0.25) is 0 Å². The van der Waals surface area contributed by atoms with E-state index in [-0.39, 0.29) is 6.07 Å². The number of carbonyl (C=O) groups excluding carboxylic acids is 1. The molecule has 0 aliphatic rings. The van der Waals surface area contributed by atoms with E-state index in [4.69, 9.17) is 5.26 Å². The quantitative estimate of drug-likeness (QED) is 0.616. The number of carbonyl (C=O) groups is 1. The third kappa shape index (κ3) is 2.99. The molecule has 0 amide bonds. The van der Waals surface area contributed by atoms with Crippen molar-refractivity contribution in [3.05, 3.63) is 34.4 Å². The molecule has 102 valence electrons. The normalized spacial score (nSPS) is 11.3. The van der Waals surface area contributed by atoms with Gasteiger partial charge in [-0.25, -0.2) is 13.6 Å². The lowest BCUT2D eigenvalue weighted by atomic mass is 9.98. The Morgan fingerprint density at radius 3 is 2.32 bits per heavy atom. The van der Waals surface area contributed by atoms with Crippen molar-refractivity contribution in [1.82, 2.24) is 0 Å². The maximum atomic E-state index is 12.7. The van der Waals surface area contributed by atoms with Crippen LogP contribution in [0.3, 0.4) is 0 Å². The van der Waals surface area contributed by atoms with Crippen LogP contribution in [0.25, 0.3) is 0 Å². The maximum absolute atomic E-state index is 12.7. The summed E-state index contributed by atoms with van der Waals surface area (Å²) in [6, 6.07) is 1.85. The number of nitrogens with zero attached hydrogens (tertiary/aromatic N) is 1. The molecule has 0 bridgehead atoms. The highest BCUT2D eigenvalue weighted by molar-refractivity contribution is 5.93. The number of alkyl halides is 5. The smallest absolute Gasteiger partial charge is 0.417 e. The molecule has 0 heterocycles. The molecule has 0 radical (unpaired) electrons. The summed E-state index contributed by atoms with van der Waals surface area (Å²) in [6.45, 7) is 0. The monoisotopic (exact) mass is 279 g/mol. The van der Waals surface area contributed by atoms with Gasteiger partial charge in [0, 0.05) is 5.56 Å². The second-order valence-electron chi connectivity index (χ2n) is 3.39. The van der Waals surface area contributed by atoms with E-state index in [2.05, 4.69) is 4.74 Å². The van der Waals surface area contributed by atoms with Gasteiger partial charge in [0.15, 0.2) is 0 Å². The van der Waals surface area contributed by atoms with Gasteiger partial charge in [-0.15, -0.1) is 0 Å². The molecule has 0 aliphatic heterocycles. The number of hydrogen-bond acceptors (Lipinski definition) is 3. The lowest BCUT2D eigenvalue weighted by Crippen LogP contribution is -2.14. The van der Waals surface area contributed by atoms with Crippen molar-refractivity contribution in [2.75, 3.05) is 7.11 Å². The third-order valence-corrected chi connectivity index (χ3v) is 2.24. The summed E-state index contributed by atoms with van der Waals surface area (Å²) in [4.78, 5) is 11.3. The van der Waals surface area contributed by atoms with Crippen molar-refractivity contribution in [2.24, 2.45) is 0 Å². The van der Waals surface area contributed by atoms with Crippen molar-refractivity contribution >= 4 is 5.97 Å². The predicted octanol–water partition coefficient (Wildman–Crippen LogP) is 3.30. The summed E-state index contributed by atoms with van der Waals surface area (Å²) in [5, 5.41) is 8.69. The SMILES string of the molecule is COC(=O)c1cc(C(F)F)cc(C(F)(F)F)c1C#N. The number of nitriles is 1. The topological polar surface area (TPSA) is 50.1 Å². The summed E-state index contributed by atoms with van der Waals surface area (Å²) in [5.74, 6) is -1.29. The summed E-state index contributed by atoms with van der Waals surface area (Å²) < 4.78 is 67.2. The molecule has 0 N–H and O–H groups in total. The molecule has 0 spiro atoms. The molecular weight excluding hydrogens is 273 g/mol. The van der Waals surface area contributed by atoms with Gasteiger partial charge in [-0.3, -0.25) is 0 Å². The Bertz CT molecular complexity index is 545. The second-order valence-corrected chi connectivity index (χ2v) is 3.39. The van der Waals surface area contributed by atoms with Crippen LogP contribution < -0.4 is 0 Å². The standard InChI is InChI=1S/C11H6F5NO2/c1-19-10(18)6-2-5(9(12)13)3-8(7(6)4-17)11(14,15)16/h2-3,9H,1H3. The molecule has 1 aromatic carbocycles. The van der Waals surface area contributed by atoms with Crippen molar-refractivity contribution < 1.29 is 31.5 Å². The Labute approximate surface area is 104 Å². The van der Waals surface area contributed by atoms with Crippen molar-refractivity contribution in [3.63, 3.8) is 0 Å². The van der Waals surface area contributed by atoms with E-state index in [0.717, 1.165) is 7.11 Å². The molecule has 0 unspecified atom stereocenters. The number of rotatable bonds is 2. The van der Waals surface area contributed by atoms with E-state index in [1.165, 1.54) is 6.07 Å². The molecule has 19 heavy (non-hydrogen) atoms. The van der Waals surface area contributed by atoms with Gasteiger partial charge in [0.2, 0.25) is 0 Å². The summed E-state index contributed by atoms with van der Waals surface area (Å²) in [7, 11) is 0.867. The molecule has 0 saturated heterocycles. The second kappa shape index (κ2) is 5.22. The summed E-state index contributed by atoms with van der Waals surface area (Å²) in [5.41, 5.74) is -4.47. The van der Waals surface area contributed by atoms with Gasteiger partial charge in [0.25, 0.3) is 6.43 Å². The van der Waals surface area contributed by atoms with Gasteiger partial charge >= 0.3 is 12.1 Å². The number of methoxy groups -OCH3 is 1. The summed E-state index contributed by atoms with van der Waals surface area (Å²) in [6.07, 6.45) is -8.24. The fourth-order valence-electron chi connectivity index (χ4n) is 1.41. The van der Waals surface area contributed by atoms with Gasteiger partial charge in [-0.1, -0.05) is 0 Å². The van der Waals surface area contributed by atoms with Crippen molar-refractivity contribution in [1.29, 1.82) is 5.26 Å². The average Bonchev–Trinajstić information content (AvgIpc) is 2.34. The first-order chi connectivity index (χ1) is 8.72. The Kier molecular flexibility index (Phi) is 4.09. The van der Waals surface area contributed by atoms with Gasteiger partial charge in [-0.05, 0) is 12.1 Å². The van der Waals surface area contributed by atoms with Crippen LogP contribution in [-0.4, -0.2) is 13.1 Å². The highest BCUT2D eigenvalue weighted by Crippen LogP contribution is 2.36. The van der Waals surface area contributed by atoms with Gasteiger partial charge in [0.05, 0.1) is 23.8 Å². The Balaban J connectivity index is 3.68. The van der Waals surface area contributed by atoms with Crippen molar-refractivity contribution in [2.45, 2.75) is 12.6 Å². The number of esters is 1. The molecule has 0 saturated carbocycles. The van der Waals surface area contributed by atoms with Crippen LogP contribution >= 0.6 is 0 Å². The number of hydrogen-bond donors (Lipinski definition) is 0. The van der Waals surface area contributed by atoms with Crippen LogP contribution in [0.4, 0.5) is 22.0 Å². The van der Waals surface area contributed by atoms with Crippen LogP contribution in [0.1, 0.15) is 33.5 Å². The van der Waals surface area contributed by atoms with Crippen LogP contribution in [-0.2, 0) is 10.9 Å². The fraction of sp³-hybridized carbons (Fsp3) is 0.273. The molecule has 8 heteroatoms. The lowest BCUT2D eigenvalue weighted by Gasteiger charge is -2.13. The van der Waals surface area contributed by atoms with Crippen LogP contribution in [0.15, 0.2) is 12.1 Å². The third-order valence-electron chi connectivity index (χ3n) is 2.24. The number of halogens is 5. The first kappa shape index (κ1) is 14.9. The van der Waals surface area contributed by atoms with E-state index >= 15 is 0 Å². The predicted molar refractivity (Wildman–Crippen MR) is 52.5 cm³/mol. The molecule has 0 aromatic heterocycles. The van der Waals surface area contributed by atoms with E-state index < -0.39 is 40.8 Å². The zero-order valence-electron chi connectivity index (χ0n) is 9.39.